The minimum atomic E-state index is -1.26. The van der Waals surface area contributed by atoms with Gasteiger partial charge in [-0.15, -0.1) is 0 Å². The third-order valence-corrected chi connectivity index (χ3v) is 2.59. The standard InChI is InChI=1S/C14H15BrF2O/c1-14(2,3)6-4-5-12(18)13-10(16)7-9(15)8-11(13)17/h7-8,12,18H,5H2,1-3H3. The van der Waals surface area contributed by atoms with Crippen LogP contribution in [0.1, 0.15) is 38.9 Å². The van der Waals surface area contributed by atoms with Crippen molar-refractivity contribution in [1.82, 2.24) is 0 Å². The van der Waals surface area contributed by atoms with Crippen LogP contribution in [0.4, 0.5) is 8.78 Å². The summed E-state index contributed by atoms with van der Waals surface area (Å²) in [6, 6.07) is 2.25. The lowest BCUT2D eigenvalue weighted by Gasteiger charge is -2.11. The Morgan fingerprint density at radius 1 is 1.28 bits per heavy atom. The van der Waals surface area contributed by atoms with Gasteiger partial charge in [0.1, 0.15) is 11.6 Å². The Hall–Kier alpha value is -0.920. The molecule has 0 bridgehead atoms. The summed E-state index contributed by atoms with van der Waals surface area (Å²) in [5.41, 5.74) is -0.530. The van der Waals surface area contributed by atoms with Gasteiger partial charge in [-0.3, -0.25) is 0 Å². The zero-order chi connectivity index (χ0) is 13.9. The van der Waals surface area contributed by atoms with Crippen LogP contribution in [0.2, 0.25) is 0 Å². The largest absolute Gasteiger partial charge is 0.387 e. The Balaban J connectivity index is 2.91. The number of aliphatic hydroxyl groups is 1. The molecule has 1 unspecified atom stereocenters. The first-order chi connectivity index (χ1) is 8.20. The lowest BCUT2D eigenvalue weighted by Crippen LogP contribution is -2.05. The molecule has 98 valence electrons. The second kappa shape index (κ2) is 5.81. The van der Waals surface area contributed by atoms with Crippen LogP contribution in [0.25, 0.3) is 0 Å². The molecule has 0 fully saturated rings. The van der Waals surface area contributed by atoms with Crippen molar-refractivity contribution >= 4 is 15.9 Å². The van der Waals surface area contributed by atoms with E-state index in [0.29, 0.717) is 4.47 Å². The van der Waals surface area contributed by atoms with Crippen LogP contribution in [-0.2, 0) is 0 Å². The Morgan fingerprint density at radius 2 is 1.78 bits per heavy atom. The van der Waals surface area contributed by atoms with Crippen LogP contribution in [-0.4, -0.2) is 5.11 Å². The molecule has 1 nitrogen and oxygen atoms in total. The number of hydrogen-bond acceptors (Lipinski definition) is 1. The third-order valence-electron chi connectivity index (χ3n) is 2.14. The zero-order valence-corrected chi connectivity index (χ0v) is 12.1. The molecule has 1 atom stereocenters. The van der Waals surface area contributed by atoms with Crippen LogP contribution < -0.4 is 0 Å². The zero-order valence-electron chi connectivity index (χ0n) is 10.5. The molecule has 0 amide bonds. The average molecular weight is 317 g/mol. The molecular weight excluding hydrogens is 302 g/mol. The van der Waals surface area contributed by atoms with Gasteiger partial charge in [0.2, 0.25) is 0 Å². The van der Waals surface area contributed by atoms with Crippen molar-refractivity contribution < 1.29 is 13.9 Å². The maximum atomic E-state index is 13.5. The van der Waals surface area contributed by atoms with Crippen LogP contribution >= 0.6 is 15.9 Å². The molecule has 0 aliphatic heterocycles. The van der Waals surface area contributed by atoms with E-state index in [0.717, 1.165) is 12.1 Å². The van der Waals surface area contributed by atoms with Gasteiger partial charge in [0.05, 0.1) is 11.7 Å². The minimum absolute atomic E-state index is 0.00669. The van der Waals surface area contributed by atoms with E-state index < -0.39 is 17.7 Å². The second-order valence-electron chi connectivity index (χ2n) is 5.05. The highest BCUT2D eigenvalue weighted by Crippen LogP contribution is 2.26. The fourth-order valence-electron chi connectivity index (χ4n) is 1.39. The van der Waals surface area contributed by atoms with Gasteiger partial charge >= 0.3 is 0 Å². The van der Waals surface area contributed by atoms with Gasteiger partial charge in [0.15, 0.2) is 0 Å². The molecule has 1 aromatic carbocycles. The molecule has 0 aliphatic carbocycles. The van der Waals surface area contributed by atoms with E-state index >= 15 is 0 Å². The molecule has 0 heterocycles. The quantitative estimate of drug-likeness (QED) is 0.811. The molecule has 0 saturated heterocycles. The van der Waals surface area contributed by atoms with Crippen molar-refractivity contribution in [3.63, 3.8) is 0 Å². The predicted octanol–water partition coefficient (Wildman–Crippen LogP) is 4.20. The van der Waals surface area contributed by atoms with E-state index in [1.54, 1.807) is 0 Å². The van der Waals surface area contributed by atoms with Crippen molar-refractivity contribution in [1.29, 1.82) is 0 Å². The summed E-state index contributed by atoms with van der Waals surface area (Å²) in [5, 5.41) is 9.77. The van der Waals surface area contributed by atoms with Gasteiger partial charge in [-0.25, -0.2) is 8.78 Å². The van der Waals surface area contributed by atoms with Gasteiger partial charge in [-0.2, -0.15) is 0 Å². The monoisotopic (exact) mass is 316 g/mol. The highest BCUT2D eigenvalue weighted by Gasteiger charge is 2.18. The molecule has 0 spiro atoms. The summed E-state index contributed by atoms with van der Waals surface area (Å²) in [6.45, 7) is 5.77. The molecule has 1 aromatic rings. The lowest BCUT2D eigenvalue weighted by molar-refractivity contribution is 0.173. The van der Waals surface area contributed by atoms with Crippen LogP contribution in [0.5, 0.6) is 0 Å². The minimum Gasteiger partial charge on any atom is -0.387 e. The normalized spacial score (nSPS) is 12.8. The second-order valence-corrected chi connectivity index (χ2v) is 5.97. The van der Waals surface area contributed by atoms with E-state index in [4.69, 9.17) is 0 Å². The predicted molar refractivity (Wildman–Crippen MR) is 70.9 cm³/mol. The number of benzene rings is 1. The highest BCUT2D eigenvalue weighted by atomic mass is 79.9. The van der Waals surface area contributed by atoms with Crippen molar-refractivity contribution in [2.24, 2.45) is 5.41 Å². The van der Waals surface area contributed by atoms with Gasteiger partial charge in [-0.05, 0) is 32.9 Å². The number of halogens is 3. The molecule has 18 heavy (non-hydrogen) atoms. The Morgan fingerprint density at radius 3 is 2.22 bits per heavy atom. The first kappa shape index (κ1) is 15.1. The molecule has 0 saturated carbocycles. The molecule has 4 heteroatoms. The average Bonchev–Trinajstić information content (AvgIpc) is 2.13. The SMILES string of the molecule is CC(C)(C)C#CCC(O)c1c(F)cc(Br)cc1F. The third kappa shape index (κ3) is 4.40. The number of hydrogen-bond donors (Lipinski definition) is 1. The van der Waals surface area contributed by atoms with E-state index in [2.05, 4.69) is 27.8 Å². The first-order valence-corrected chi connectivity index (χ1v) is 6.32. The van der Waals surface area contributed by atoms with E-state index in [9.17, 15) is 13.9 Å². The Bertz CT molecular complexity index is 472. The van der Waals surface area contributed by atoms with E-state index in [1.807, 2.05) is 20.8 Å². The fourth-order valence-corrected chi connectivity index (χ4v) is 1.79. The molecule has 0 aromatic heterocycles. The Labute approximate surface area is 114 Å². The summed E-state index contributed by atoms with van der Waals surface area (Å²) in [6.07, 6.45) is -1.25. The van der Waals surface area contributed by atoms with Crippen LogP contribution in [0, 0.1) is 28.9 Å². The van der Waals surface area contributed by atoms with Gasteiger partial charge < -0.3 is 5.11 Å². The molecule has 0 radical (unpaired) electrons. The fraction of sp³-hybridized carbons (Fsp3) is 0.429. The highest BCUT2D eigenvalue weighted by molar-refractivity contribution is 9.10. The van der Waals surface area contributed by atoms with Crippen molar-refractivity contribution in [2.75, 3.05) is 0 Å². The van der Waals surface area contributed by atoms with Crippen molar-refractivity contribution in [3.8, 4) is 11.8 Å². The number of rotatable bonds is 2. The lowest BCUT2D eigenvalue weighted by atomic mass is 9.97. The smallest absolute Gasteiger partial charge is 0.133 e. The summed E-state index contributed by atoms with van der Waals surface area (Å²) >= 11 is 2.99. The van der Waals surface area contributed by atoms with Crippen molar-refractivity contribution in [3.05, 3.63) is 33.8 Å². The van der Waals surface area contributed by atoms with Crippen molar-refractivity contribution in [2.45, 2.75) is 33.3 Å². The summed E-state index contributed by atoms with van der Waals surface area (Å²) in [7, 11) is 0. The van der Waals surface area contributed by atoms with Crippen LogP contribution in [0.15, 0.2) is 16.6 Å². The van der Waals surface area contributed by atoms with E-state index in [-0.39, 0.29) is 17.4 Å². The molecule has 0 aliphatic rings. The summed E-state index contributed by atoms with van der Waals surface area (Å²) < 4.78 is 27.4. The Kier molecular flexibility index (Phi) is 4.89. The van der Waals surface area contributed by atoms with E-state index in [1.165, 1.54) is 0 Å². The molecule has 1 N–H and O–H groups in total. The number of aliphatic hydroxyl groups excluding tert-OH is 1. The van der Waals surface area contributed by atoms with Gasteiger partial charge in [0, 0.05) is 16.3 Å². The van der Waals surface area contributed by atoms with Gasteiger partial charge in [-0.1, -0.05) is 27.8 Å². The molecule has 1 rings (SSSR count). The summed E-state index contributed by atoms with van der Waals surface area (Å²) in [5.74, 6) is 4.11. The maximum Gasteiger partial charge on any atom is 0.133 e. The topological polar surface area (TPSA) is 20.2 Å². The van der Waals surface area contributed by atoms with Gasteiger partial charge in [0.25, 0.3) is 0 Å². The van der Waals surface area contributed by atoms with Crippen LogP contribution in [0.3, 0.4) is 0 Å². The first-order valence-electron chi connectivity index (χ1n) is 5.53. The summed E-state index contributed by atoms with van der Waals surface area (Å²) in [4.78, 5) is 0. The maximum absolute atomic E-state index is 13.5. The molecular formula is C14H15BrF2O.